The molecular weight excluding hydrogens is 1370 g/mol. The van der Waals surface area contributed by atoms with E-state index in [1.165, 1.54) is 78.6 Å². The van der Waals surface area contributed by atoms with Crippen LogP contribution in [-0.2, 0) is 27.1 Å². The maximum Gasteiger partial charge on any atom is 0.264 e. The van der Waals surface area contributed by atoms with Crippen molar-refractivity contribution in [3.8, 4) is 23.0 Å². The van der Waals surface area contributed by atoms with Crippen LogP contribution in [0.4, 0.5) is 15.8 Å². The van der Waals surface area contributed by atoms with E-state index < -0.39 is 43.9 Å². The number of nitrogens with one attached hydrogen (secondary N) is 2. The zero-order valence-corrected chi connectivity index (χ0v) is 61.3. The normalized spacial score (nSPS) is 16.3. The second kappa shape index (κ2) is 31.6. The van der Waals surface area contributed by atoms with E-state index in [2.05, 4.69) is 96.5 Å². The van der Waals surface area contributed by atoms with E-state index in [4.69, 9.17) is 18.9 Å². The number of ether oxygens (including phenoxy) is 4. The third-order valence-electron chi connectivity index (χ3n) is 20.0. The molecule has 6 heterocycles. The molecule has 2 saturated heterocycles. The number of aryl methyl sites for hydroxylation is 2. The van der Waals surface area contributed by atoms with Crippen LogP contribution in [0.1, 0.15) is 133 Å². The number of aromatic nitrogens is 2. The molecule has 26 heteroatoms. The van der Waals surface area contributed by atoms with Crippen LogP contribution in [0.5, 0.6) is 23.0 Å². The van der Waals surface area contributed by atoms with Crippen molar-refractivity contribution in [1.29, 1.82) is 0 Å². The highest BCUT2D eigenvalue weighted by molar-refractivity contribution is 7.91. The molecule has 540 valence electrons. The van der Waals surface area contributed by atoms with E-state index in [1.807, 2.05) is 42.5 Å². The van der Waals surface area contributed by atoms with Crippen molar-refractivity contribution in [1.82, 2.24) is 38.8 Å². The average Bonchev–Trinajstić information content (AvgIpc) is 1.61. The van der Waals surface area contributed by atoms with Gasteiger partial charge in [-0.15, -0.1) is 11.3 Å². The number of benzene rings is 7. The fourth-order valence-corrected chi connectivity index (χ4v) is 18.3. The number of carbonyl (C=O) groups excluding carboxylic acids is 4. The highest BCUT2D eigenvalue weighted by Crippen LogP contribution is 2.44. The summed E-state index contributed by atoms with van der Waals surface area (Å²) in [6.45, 7) is 12.3. The summed E-state index contributed by atoms with van der Waals surface area (Å²) in [5.74, 6) is -0.0604. The summed E-state index contributed by atoms with van der Waals surface area (Å²) in [7, 11) is 0.0624. The molecule has 0 radical (unpaired) electrons. The van der Waals surface area contributed by atoms with Crippen molar-refractivity contribution in [3.63, 3.8) is 0 Å². The van der Waals surface area contributed by atoms with Crippen LogP contribution >= 0.6 is 11.3 Å². The van der Waals surface area contributed by atoms with Crippen molar-refractivity contribution in [2.75, 3.05) is 104 Å². The Hall–Kier alpha value is -9.54. The van der Waals surface area contributed by atoms with Gasteiger partial charge in [-0.3, -0.25) is 43.5 Å². The van der Waals surface area contributed by atoms with Gasteiger partial charge in [-0.1, -0.05) is 84.9 Å². The quantitative estimate of drug-likeness (QED) is 0.0379. The van der Waals surface area contributed by atoms with Gasteiger partial charge in [0.25, 0.3) is 23.6 Å². The number of thiophene rings is 1. The summed E-state index contributed by atoms with van der Waals surface area (Å²) < 4.78 is 96.0. The Labute approximate surface area is 604 Å². The lowest BCUT2D eigenvalue weighted by atomic mass is 9.99. The molecule has 0 bridgehead atoms. The number of imide groups is 2. The van der Waals surface area contributed by atoms with Crippen LogP contribution in [0.3, 0.4) is 0 Å². The van der Waals surface area contributed by atoms with Gasteiger partial charge >= 0.3 is 0 Å². The molecule has 0 spiro atoms. The highest BCUT2D eigenvalue weighted by atomic mass is 32.2. The first kappa shape index (κ1) is 73.2. The predicted molar refractivity (Wildman–Crippen MR) is 394 cm³/mol. The molecule has 0 aliphatic carbocycles. The first-order valence-electron chi connectivity index (χ1n) is 34.3. The zero-order chi connectivity index (χ0) is 72.9. The SMILES string of the molecule is COc1ccc([C@@H](CCCNS(=O)(=O)c2cnn(C)c2)N2C(=O)c3cccc(N4CCN([C@H](C)c5ccccc5)CC4)c3C2=O)cc1OC.COc1ccc([C@@H](CCCNS(=O)(=O)c2sc3ccc(F)cc3c2C)N2C(=O)c3cccc(N4CCN([C@H](C)c5ccccc5)CC4)c3C2=O)cc1OC. The standard InChI is InChI=1S/C41H43FN4O6S2.C36H42N6O6S/c1-26-32-25-30(42)16-18-37(32)53-41(26)54(49,50)43-19-9-14-33(29-15-17-35(51-3)36(24-29)52-4)46-39(47)31-12-8-13-34(38(31)40(46)48)45-22-20-44(21-23-45)27(2)28-10-6-5-7-11-28;1-25(26-10-6-5-7-11-26)40-18-20-41(21-19-40)31-13-8-12-29-34(31)36(44)42(35(29)43)30(27-15-16-32(47-3)33(22-27)48-4)14-9-17-38-49(45,46)28-23-37-39(2)24-28/h5-8,10-13,15-18,24-25,27,33,43H,9,14,19-23H2,1-4H3;5-8,10-13,15-16,22-25,30,38H,9,14,17-21H2,1-4H3/t27-,33-;25-,30-/m11/s1. The number of nitrogens with zero attached hydrogens (tertiary/aromatic N) is 8. The molecule has 13 rings (SSSR count). The number of carbonyl (C=O) groups is 4. The Balaban J connectivity index is 0.000000195. The Morgan fingerprint density at radius 1 is 0.515 bits per heavy atom. The number of piperazine rings is 2. The van der Waals surface area contributed by atoms with Crippen LogP contribution in [0.2, 0.25) is 0 Å². The van der Waals surface area contributed by atoms with Gasteiger partial charge < -0.3 is 28.7 Å². The summed E-state index contributed by atoms with van der Waals surface area (Å²) in [6.07, 6.45) is 3.94. The molecule has 4 atom stereocenters. The molecular formula is C77H85FN10O12S3. The average molecular weight is 1460 g/mol. The highest BCUT2D eigenvalue weighted by Gasteiger charge is 2.45. The van der Waals surface area contributed by atoms with Gasteiger partial charge in [-0.05, 0) is 146 Å². The van der Waals surface area contributed by atoms with E-state index >= 15 is 0 Å². The van der Waals surface area contributed by atoms with E-state index in [0.29, 0.717) is 117 Å². The molecule has 2 fully saturated rings. The molecule has 7 aromatic carbocycles. The lowest BCUT2D eigenvalue weighted by Gasteiger charge is -2.39. The predicted octanol–water partition coefficient (Wildman–Crippen LogP) is 11.8. The fraction of sp³-hybridized carbons (Fsp3) is 0.338. The van der Waals surface area contributed by atoms with E-state index in [9.17, 15) is 40.4 Å². The summed E-state index contributed by atoms with van der Waals surface area (Å²) in [4.78, 5) is 69.2. The Morgan fingerprint density at radius 2 is 0.961 bits per heavy atom. The van der Waals surface area contributed by atoms with Crippen molar-refractivity contribution in [2.45, 2.75) is 79.7 Å². The molecule has 2 aromatic heterocycles. The molecule has 9 aromatic rings. The second-order valence-corrected chi connectivity index (χ2v) is 30.7. The number of amides is 4. The molecule has 2 N–H and O–H groups in total. The molecule has 4 amide bonds. The largest absolute Gasteiger partial charge is 0.493 e. The van der Waals surface area contributed by atoms with Crippen LogP contribution < -0.4 is 38.2 Å². The van der Waals surface area contributed by atoms with Gasteiger partial charge in [0, 0.05) is 95.5 Å². The Bertz CT molecular complexity index is 4830. The summed E-state index contributed by atoms with van der Waals surface area (Å²) in [5, 5.41) is 4.51. The molecule has 4 aliphatic rings. The lowest BCUT2D eigenvalue weighted by Crippen LogP contribution is -2.47. The Morgan fingerprint density at radius 3 is 1.39 bits per heavy atom. The number of hydrogen-bond donors (Lipinski definition) is 2. The molecule has 22 nitrogen and oxygen atoms in total. The van der Waals surface area contributed by atoms with Crippen molar-refractivity contribution >= 4 is 76.5 Å². The van der Waals surface area contributed by atoms with Crippen LogP contribution in [0.15, 0.2) is 173 Å². The van der Waals surface area contributed by atoms with E-state index in [0.717, 1.165) is 48.9 Å². The maximum absolute atomic E-state index is 14.5. The van der Waals surface area contributed by atoms with Gasteiger partial charge in [0.2, 0.25) is 20.0 Å². The number of rotatable bonds is 26. The minimum atomic E-state index is -3.92. The van der Waals surface area contributed by atoms with Crippen LogP contribution in [-0.4, -0.2) is 164 Å². The maximum atomic E-state index is 14.5. The van der Waals surface area contributed by atoms with E-state index in [1.54, 1.807) is 62.5 Å². The van der Waals surface area contributed by atoms with Gasteiger partial charge in [0.05, 0.1) is 80.3 Å². The van der Waals surface area contributed by atoms with Crippen molar-refractivity contribution in [3.05, 3.63) is 220 Å². The fourth-order valence-electron chi connectivity index (χ4n) is 14.4. The molecule has 0 saturated carbocycles. The molecule has 103 heavy (non-hydrogen) atoms. The smallest absolute Gasteiger partial charge is 0.264 e. The second-order valence-electron chi connectivity index (χ2n) is 25.9. The zero-order valence-electron chi connectivity index (χ0n) is 58.9. The van der Waals surface area contributed by atoms with Crippen LogP contribution in [0.25, 0.3) is 10.1 Å². The summed E-state index contributed by atoms with van der Waals surface area (Å²) in [5.41, 5.74) is 7.31. The number of halogens is 1. The molecule has 0 unspecified atom stereocenters. The van der Waals surface area contributed by atoms with Gasteiger partial charge in [0.15, 0.2) is 23.0 Å². The number of hydrogen-bond acceptors (Lipinski definition) is 18. The van der Waals surface area contributed by atoms with Crippen molar-refractivity contribution < 1.29 is 59.4 Å². The Kier molecular flexibility index (Phi) is 22.5. The minimum absolute atomic E-state index is 0.0499. The van der Waals surface area contributed by atoms with Gasteiger partial charge in [0.1, 0.15) is 14.9 Å². The minimum Gasteiger partial charge on any atom is -0.493 e. The first-order valence-corrected chi connectivity index (χ1v) is 38.1. The third kappa shape index (κ3) is 15.3. The number of anilines is 2. The summed E-state index contributed by atoms with van der Waals surface area (Å²) >= 11 is 1.09. The van der Waals surface area contributed by atoms with E-state index in [-0.39, 0.29) is 58.4 Å². The third-order valence-corrected chi connectivity index (χ3v) is 24.8. The monoisotopic (exact) mass is 1460 g/mol. The summed E-state index contributed by atoms with van der Waals surface area (Å²) in [6, 6.07) is 45.6. The van der Waals surface area contributed by atoms with Crippen molar-refractivity contribution in [2.24, 2.45) is 7.05 Å². The number of fused-ring (bicyclic) bond motifs is 3. The number of sulfonamides is 2. The van der Waals surface area contributed by atoms with Gasteiger partial charge in [-0.2, -0.15) is 5.10 Å². The lowest BCUT2D eigenvalue weighted by molar-refractivity contribution is 0.0557. The van der Waals surface area contributed by atoms with Crippen LogP contribution in [0, 0.1) is 12.7 Å². The van der Waals surface area contributed by atoms with Gasteiger partial charge in [-0.25, -0.2) is 30.7 Å². The first-order chi connectivity index (χ1) is 49.6. The molecule has 4 aliphatic heterocycles. The topological polar surface area (TPSA) is 235 Å². The number of methoxy groups -OCH3 is 4.